The Bertz CT molecular complexity index is 727. The summed E-state index contributed by atoms with van der Waals surface area (Å²) in [4.78, 5) is 4.53. The van der Waals surface area contributed by atoms with E-state index in [-0.39, 0.29) is 0 Å². The Morgan fingerprint density at radius 1 is 1.30 bits per heavy atom. The Morgan fingerprint density at radius 3 is 2.90 bits per heavy atom. The number of imidazole rings is 1. The molecular weight excluding hydrogens is 276 g/mol. The first-order valence-corrected chi connectivity index (χ1v) is 6.71. The van der Waals surface area contributed by atoms with Crippen LogP contribution in [0.25, 0.3) is 11.0 Å². The number of ether oxygens (including phenoxy) is 1. The minimum atomic E-state index is 0.345. The number of alkyl halides is 1. The quantitative estimate of drug-likeness (QED) is 0.693. The van der Waals surface area contributed by atoms with Gasteiger partial charge in [-0.3, -0.25) is 0 Å². The molecule has 0 aliphatic rings. The van der Waals surface area contributed by atoms with Gasteiger partial charge in [0.15, 0.2) is 0 Å². The van der Waals surface area contributed by atoms with Crippen LogP contribution in [0.4, 0.5) is 0 Å². The largest absolute Gasteiger partial charge is 0.497 e. The van der Waals surface area contributed by atoms with Crippen LogP contribution in [0.2, 0.25) is 0 Å². The van der Waals surface area contributed by atoms with Gasteiger partial charge in [0, 0.05) is 12.3 Å². The third kappa shape index (κ3) is 2.32. The van der Waals surface area contributed by atoms with E-state index in [1.54, 1.807) is 13.3 Å². The van der Waals surface area contributed by atoms with Gasteiger partial charge < -0.3 is 9.30 Å². The van der Waals surface area contributed by atoms with Gasteiger partial charge in [0.2, 0.25) is 0 Å². The molecule has 0 spiro atoms. The van der Waals surface area contributed by atoms with Crippen molar-refractivity contribution in [2.45, 2.75) is 12.4 Å². The van der Waals surface area contributed by atoms with Gasteiger partial charge in [-0.2, -0.15) is 10.2 Å². The van der Waals surface area contributed by atoms with Crippen molar-refractivity contribution < 1.29 is 4.74 Å². The van der Waals surface area contributed by atoms with Crippen molar-refractivity contribution in [2.24, 2.45) is 0 Å². The maximum Gasteiger partial charge on any atom is 0.125 e. The third-order valence-electron chi connectivity index (χ3n) is 3.10. The predicted octanol–water partition coefficient (Wildman–Crippen LogP) is 2.62. The minimum Gasteiger partial charge on any atom is -0.497 e. The summed E-state index contributed by atoms with van der Waals surface area (Å²) < 4.78 is 7.30. The van der Waals surface area contributed by atoms with Crippen molar-refractivity contribution >= 4 is 22.6 Å². The Morgan fingerprint density at radius 2 is 2.20 bits per heavy atom. The Kier molecular flexibility index (Phi) is 3.52. The molecule has 0 bridgehead atoms. The van der Waals surface area contributed by atoms with Gasteiger partial charge in [-0.05, 0) is 24.3 Å². The molecule has 3 aromatic rings. The summed E-state index contributed by atoms with van der Waals surface area (Å²) in [7, 11) is 1.65. The number of benzene rings is 1. The fourth-order valence-corrected chi connectivity index (χ4v) is 2.34. The molecule has 0 N–H and O–H groups in total. The summed E-state index contributed by atoms with van der Waals surface area (Å²) in [6.45, 7) is 0.583. The number of hydrogen-bond donors (Lipinski definition) is 0. The number of hydrogen-bond acceptors (Lipinski definition) is 4. The van der Waals surface area contributed by atoms with Crippen LogP contribution in [-0.4, -0.2) is 26.9 Å². The zero-order chi connectivity index (χ0) is 13.9. The van der Waals surface area contributed by atoms with E-state index in [4.69, 9.17) is 16.3 Å². The molecule has 6 heteroatoms. The number of nitrogens with zero attached hydrogens (tertiary/aromatic N) is 4. The van der Waals surface area contributed by atoms with E-state index in [2.05, 4.69) is 15.2 Å². The number of methoxy groups -OCH3 is 1. The van der Waals surface area contributed by atoms with Gasteiger partial charge in [0.05, 0.1) is 36.3 Å². The molecule has 0 amide bonds. The van der Waals surface area contributed by atoms with Crippen LogP contribution in [0, 0.1) is 0 Å². The van der Waals surface area contributed by atoms with Crippen molar-refractivity contribution in [2.75, 3.05) is 7.11 Å². The summed E-state index contributed by atoms with van der Waals surface area (Å²) in [6.07, 6.45) is 1.65. The summed E-state index contributed by atoms with van der Waals surface area (Å²) in [6, 6.07) is 9.56. The Labute approximate surface area is 121 Å². The molecule has 1 aromatic carbocycles. The molecule has 2 aromatic heterocycles. The van der Waals surface area contributed by atoms with E-state index in [0.717, 1.165) is 28.3 Å². The van der Waals surface area contributed by atoms with Gasteiger partial charge >= 0.3 is 0 Å². The van der Waals surface area contributed by atoms with E-state index in [1.807, 2.05) is 34.9 Å². The highest BCUT2D eigenvalue weighted by molar-refractivity contribution is 6.16. The lowest BCUT2D eigenvalue weighted by Gasteiger charge is -2.07. The summed E-state index contributed by atoms with van der Waals surface area (Å²) in [5.41, 5.74) is 2.73. The second-order valence-corrected chi connectivity index (χ2v) is 4.58. The smallest absolute Gasteiger partial charge is 0.125 e. The zero-order valence-corrected chi connectivity index (χ0v) is 11.7. The van der Waals surface area contributed by atoms with Gasteiger partial charge in [0.1, 0.15) is 11.6 Å². The molecule has 0 fully saturated rings. The molecule has 0 saturated heterocycles. The predicted molar refractivity (Wildman–Crippen MR) is 77.0 cm³/mol. The van der Waals surface area contributed by atoms with Gasteiger partial charge in [-0.25, -0.2) is 4.98 Å². The SMILES string of the molecule is COc1ccc2nc(CCl)n(Cc3cccnn3)c2c1. The number of rotatable bonds is 4. The molecule has 0 saturated carbocycles. The average molecular weight is 289 g/mol. The van der Waals surface area contributed by atoms with E-state index in [9.17, 15) is 0 Å². The molecule has 0 atom stereocenters. The van der Waals surface area contributed by atoms with Crippen molar-refractivity contribution in [3.63, 3.8) is 0 Å². The van der Waals surface area contributed by atoms with Gasteiger partial charge in [-0.15, -0.1) is 11.6 Å². The average Bonchev–Trinajstić information content (AvgIpc) is 2.85. The van der Waals surface area contributed by atoms with E-state index in [1.165, 1.54) is 0 Å². The van der Waals surface area contributed by atoms with Crippen LogP contribution in [0.3, 0.4) is 0 Å². The van der Waals surface area contributed by atoms with Crippen LogP contribution in [-0.2, 0) is 12.4 Å². The van der Waals surface area contributed by atoms with E-state index < -0.39 is 0 Å². The summed E-state index contributed by atoms with van der Waals surface area (Å²) in [5.74, 6) is 1.94. The monoisotopic (exact) mass is 288 g/mol. The second kappa shape index (κ2) is 5.46. The molecule has 5 nitrogen and oxygen atoms in total. The number of halogens is 1. The molecule has 0 radical (unpaired) electrons. The summed E-state index contributed by atoms with van der Waals surface area (Å²) >= 11 is 5.99. The molecule has 102 valence electrons. The van der Waals surface area contributed by atoms with Crippen LogP contribution < -0.4 is 4.74 Å². The highest BCUT2D eigenvalue weighted by atomic mass is 35.5. The standard InChI is InChI=1S/C14H13ClN4O/c1-20-11-4-5-12-13(7-11)19(14(8-15)17-12)9-10-3-2-6-16-18-10/h2-7H,8-9H2,1H3. The maximum atomic E-state index is 5.99. The van der Waals surface area contributed by atoms with Crippen molar-refractivity contribution in [3.05, 3.63) is 48.0 Å². The first-order valence-electron chi connectivity index (χ1n) is 6.17. The van der Waals surface area contributed by atoms with Crippen LogP contribution in [0.1, 0.15) is 11.5 Å². The molecule has 0 aliphatic carbocycles. The minimum absolute atomic E-state index is 0.345. The number of aromatic nitrogens is 4. The molecule has 0 unspecified atom stereocenters. The van der Waals surface area contributed by atoms with E-state index in [0.29, 0.717) is 12.4 Å². The highest BCUT2D eigenvalue weighted by Crippen LogP contribution is 2.23. The molecule has 3 rings (SSSR count). The molecular formula is C14H13ClN4O. The lowest BCUT2D eigenvalue weighted by atomic mass is 10.3. The first-order chi connectivity index (χ1) is 9.81. The van der Waals surface area contributed by atoms with Gasteiger partial charge in [-0.1, -0.05) is 0 Å². The fraction of sp³-hybridized carbons (Fsp3) is 0.214. The van der Waals surface area contributed by atoms with E-state index >= 15 is 0 Å². The lowest BCUT2D eigenvalue weighted by molar-refractivity contribution is 0.415. The topological polar surface area (TPSA) is 52.8 Å². The summed E-state index contributed by atoms with van der Waals surface area (Å²) in [5, 5.41) is 8.00. The fourth-order valence-electron chi connectivity index (χ4n) is 2.14. The molecule has 0 aliphatic heterocycles. The van der Waals surface area contributed by atoms with Crippen LogP contribution in [0.15, 0.2) is 36.5 Å². The Hall–Kier alpha value is -2.14. The Balaban J connectivity index is 2.11. The zero-order valence-electron chi connectivity index (χ0n) is 11.0. The van der Waals surface area contributed by atoms with Crippen molar-refractivity contribution in [1.82, 2.24) is 19.7 Å². The second-order valence-electron chi connectivity index (χ2n) is 4.32. The normalized spacial score (nSPS) is 10.9. The van der Waals surface area contributed by atoms with Crippen LogP contribution in [0.5, 0.6) is 5.75 Å². The van der Waals surface area contributed by atoms with Crippen LogP contribution >= 0.6 is 11.6 Å². The first kappa shape index (κ1) is 12.9. The molecule has 2 heterocycles. The number of fused-ring (bicyclic) bond motifs is 1. The van der Waals surface area contributed by atoms with Crippen molar-refractivity contribution in [3.8, 4) is 5.75 Å². The molecule has 20 heavy (non-hydrogen) atoms. The van der Waals surface area contributed by atoms with Crippen molar-refractivity contribution in [1.29, 1.82) is 0 Å². The highest BCUT2D eigenvalue weighted by Gasteiger charge is 2.11. The third-order valence-corrected chi connectivity index (χ3v) is 3.34. The maximum absolute atomic E-state index is 5.99. The van der Waals surface area contributed by atoms with Gasteiger partial charge in [0.25, 0.3) is 0 Å². The lowest BCUT2D eigenvalue weighted by Crippen LogP contribution is -2.06.